The van der Waals surface area contributed by atoms with E-state index in [1.54, 1.807) is 30.3 Å². The van der Waals surface area contributed by atoms with Crippen molar-refractivity contribution in [3.8, 4) is 11.1 Å². The second-order valence-electron chi connectivity index (χ2n) is 6.80. The van der Waals surface area contributed by atoms with Gasteiger partial charge in [0.1, 0.15) is 5.82 Å². The number of carbonyl (C=O) groups excluding carboxylic acids is 1. The predicted molar refractivity (Wildman–Crippen MR) is 102 cm³/mol. The summed E-state index contributed by atoms with van der Waals surface area (Å²) >= 11 is 0. The Morgan fingerprint density at radius 2 is 1.34 bits per heavy atom. The average molecular weight is 457 g/mol. The van der Waals surface area contributed by atoms with Crippen molar-refractivity contribution in [3.63, 3.8) is 0 Å². The van der Waals surface area contributed by atoms with E-state index in [-0.39, 0.29) is 17.2 Å². The summed E-state index contributed by atoms with van der Waals surface area (Å²) in [4.78, 5) is 12.1. The molecule has 0 saturated heterocycles. The molecule has 3 aromatic rings. The summed E-state index contributed by atoms with van der Waals surface area (Å²) in [5, 5.41) is 12.0. The molecule has 2 N–H and O–H groups in total. The van der Waals surface area contributed by atoms with Crippen LogP contribution in [-0.4, -0.2) is 23.4 Å². The summed E-state index contributed by atoms with van der Waals surface area (Å²) < 4.78 is 92.4. The van der Waals surface area contributed by atoms with E-state index in [2.05, 4.69) is 5.32 Å². The van der Waals surface area contributed by atoms with Crippen molar-refractivity contribution in [1.29, 1.82) is 0 Å². The van der Waals surface area contributed by atoms with Crippen LogP contribution in [0.2, 0.25) is 0 Å². The molecular weight excluding hydrogens is 443 g/mol. The smallest absolute Gasteiger partial charge is 0.369 e. The van der Waals surface area contributed by atoms with Crippen molar-refractivity contribution in [1.82, 2.24) is 0 Å². The van der Waals surface area contributed by atoms with Crippen molar-refractivity contribution >= 4 is 11.6 Å². The number of benzene rings is 3. The Bertz CT molecular complexity index is 1090. The van der Waals surface area contributed by atoms with Crippen LogP contribution in [0.15, 0.2) is 72.8 Å². The van der Waals surface area contributed by atoms with Crippen molar-refractivity contribution < 1.29 is 40.6 Å². The highest BCUT2D eigenvalue weighted by atomic mass is 19.4. The number of rotatable bonds is 4. The molecule has 3 aromatic carbocycles. The Balaban J connectivity index is 1.87. The van der Waals surface area contributed by atoms with Crippen LogP contribution in [0.1, 0.15) is 15.9 Å². The normalized spacial score (nSPS) is 12.5. The van der Waals surface area contributed by atoms with Gasteiger partial charge >= 0.3 is 12.4 Å². The van der Waals surface area contributed by atoms with E-state index >= 15 is 0 Å². The molecule has 0 aliphatic carbocycles. The SMILES string of the molecule is O=C(Nc1ccc(-c2ccc(C(O)(C(F)(F)F)C(F)(F)F)cc2F)cc1)c1ccccc1. The third-order valence-corrected chi connectivity index (χ3v) is 4.70. The molecule has 0 aromatic heterocycles. The molecule has 0 heterocycles. The minimum Gasteiger partial charge on any atom is -0.369 e. The van der Waals surface area contributed by atoms with Gasteiger partial charge in [-0.1, -0.05) is 42.5 Å². The fourth-order valence-electron chi connectivity index (χ4n) is 2.99. The van der Waals surface area contributed by atoms with Gasteiger partial charge in [-0.25, -0.2) is 4.39 Å². The number of hydrogen-bond donors (Lipinski definition) is 2. The first kappa shape index (κ1) is 23.3. The van der Waals surface area contributed by atoms with Crippen LogP contribution in [0.3, 0.4) is 0 Å². The fourth-order valence-corrected chi connectivity index (χ4v) is 2.99. The van der Waals surface area contributed by atoms with E-state index in [0.717, 1.165) is 0 Å². The zero-order chi connectivity index (χ0) is 23.7. The Kier molecular flexibility index (Phi) is 6.01. The second-order valence-corrected chi connectivity index (χ2v) is 6.80. The summed E-state index contributed by atoms with van der Waals surface area (Å²) in [6.45, 7) is 0. The molecule has 0 unspecified atom stereocenters. The van der Waals surface area contributed by atoms with Crippen LogP contribution in [-0.2, 0) is 5.60 Å². The third kappa shape index (κ3) is 4.31. The number of carbonyl (C=O) groups is 1. The van der Waals surface area contributed by atoms with Crippen molar-refractivity contribution in [2.75, 3.05) is 5.32 Å². The van der Waals surface area contributed by atoms with Crippen LogP contribution < -0.4 is 5.32 Å². The molecule has 0 aliphatic rings. The molecule has 0 aliphatic heterocycles. The van der Waals surface area contributed by atoms with Crippen molar-refractivity contribution in [2.24, 2.45) is 0 Å². The van der Waals surface area contributed by atoms with Crippen LogP contribution in [0, 0.1) is 5.82 Å². The fraction of sp³-hybridized carbons (Fsp3) is 0.136. The number of halogens is 7. The number of alkyl halides is 6. The minimum atomic E-state index is -6.11. The molecule has 0 radical (unpaired) electrons. The van der Waals surface area contributed by atoms with Gasteiger partial charge in [-0.15, -0.1) is 0 Å². The highest BCUT2D eigenvalue weighted by molar-refractivity contribution is 6.04. The highest BCUT2D eigenvalue weighted by Crippen LogP contribution is 2.50. The van der Waals surface area contributed by atoms with Crippen molar-refractivity contribution in [2.45, 2.75) is 18.0 Å². The Morgan fingerprint density at radius 3 is 1.84 bits per heavy atom. The molecule has 0 atom stereocenters. The Hall–Kier alpha value is -3.40. The molecule has 168 valence electrons. The zero-order valence-electron chi connectivity index (χ0n) is 15.9. The van der Waals surface area contributed by atoms with Gasteiger partial charge in [0.25, 0.3) is 11.5 Å². The van der Waals surface area contributed by atoms with Crippen LogP contribution >= 0.6 is 0 Å². The van der Waals surface area contributed by atoms with E-state index in [4.69, 9.17) is 0 Å². The van der Waals surface area contributed by atoms with Gasteiger partial charge in [-0.2, -0.15) is 26.3 Å². The van der Waals surface area contributed by atoms with Gasteiger partial charge in [0.15, 0.2) is 0 Å². The lowest BCUT2D eigenvalue weighted by Gasteiger charge is -2.32. The second kappa shape index (κ2) is 8.27. The van der Waals surface area contributed by atoms with Gasteiger partial charge in [0.05, 0.1) is 0 Å². The molecule has 1 amide bonds. The maximum atomic E-state index is 14.5. The molecule has 0 spiro atoms. The van der Waals surface area contributed by atoms with Gasteiger partial charge < -0.3 is 10.4 Å². The molecule has 3 rings (SSSR count). The summed E-state index contributed by atoms with van der Waals surface area (Å²) in [7, 11) is 0. The van der Waals surface area contributed by atoms with Gasteiger partial charge in [-0.05, 0) is 35.9 Å². The molecule has 10 heteroatoms. The van der Waals surface area contributed by atoms with Crippen LogP contribution in [0.5, 0.6) is 0 Å². The first-order chi connectivity index (χ1) is 14.8. The highest BCUT2D eigenvalue weighted by Gasteiger charge is 2.71. The van der Waals surface area contributed by atoms with Gasteiger partial charge in [0, 0.05) is 22.4 Å². The number of aliphatic hydroxyl groups is 1. The number of hydrogen-bond acceptors (Lipinski definition) is 2. The molecule has 0 saturated carbocycles. The summed E-state index contributed by atoms with van der Waals surface area (Å²) in [5.41, 5.74) is -6.34. The maximum absolute atomic E-state index is 14.5. The quantitative estimate of drug-likeness (QED) is 0.468. The molecule has 32 heavy (non-hydrogen) atoms. The molecule has 3 nitrogen and oxygen atoms in total. The summed E-state index contributed by atoms with van der Waals surface area (Å²) in [6, 6.07) is 14.8. The lowest BCUT2D eigenvalue weighted by molar-refractivity contribution is -0.376. The number of anilines is 1. The molecule has 0 bridgehead atoms. The van der Waals surface area contributed by atoms with E-state index in [0.29, 0.717) is 23.4 Å². The molecular formula is C22H14F7NO2. The van der Waals surface area contributed by atoms with E-state index < -0.39 is 35.2 Å². The monoisotopic (exact) mass is 457 g/mol. The van der Waals surface area contributed by atoms with Crippen LogP contribution in [0.4, 0.5) is 36.4 Å². The summed E-state index contributed by atoms with van der Waals surface area (Å²) in [5.74, 6) is -1.80. The third-order valence-electron chi connectivity index (χ3n) is 4.70. The van der Waals surface area contributed by atoms with E-state index in [1.807, 2.05) is 0 Å². The van der Waals surface area contributed by atoms with E-state index in [1.165, 1.54) is 24.3 Å². The van der Waals surface area contributed by atoms with Crippen molar-refractivity contribution in [3.05, 3.63) is 89.7 Å². The van der Waals surface area contributed by atoms with Gasteiger partial charge in [-0.3, -0.25) is 4.79 Å². The number of nitrogens with one attached hydrogen (secondary N) is 1. The predicted octanol–water partition coefficient (Wildman–Crippen LogP) is 6.06. The van der Waals surface area contributed by atoms with Crippen LogP contribution in [0.25, 0.3) is 11.1 Å². The zero-order valence-corrected chi connectivity index (χ0v) is 15.9. The first-order valence-corrected chi connectivity index (χ1v) is 8.97. The lowest BCUT2D eigenvalue weighted by atomic mass is 9.90. The van der Waals surface area contributed by atoms with E-state index in [9.17, 15) is 40.6 Å². The largest absolute Gasteiger partial charge is 0.430 e. The lowest BCUT2D eigenvalue weighted by Crippen LogP contribution is -2.53. The standard InChI is InChI=1S/C22H14F7NO2/c23-18-12-15(20(32,21(24,25)26)22(27,28)29)8-11-17(18)13-6-9-16(10-7-13)30-19(31)14-4-2-1-3-5-14/h1-12,32H,(H,30,31). The summed E-state index contributed by atoms with van der Waals surface area (Å²) in [6.07, 6.45) is -12.2. The minimum absolute atomic E-state index is 0.00139. The topological polar surface area (TPSA) is 49.3 Å². The number of amides is 1. The molecule has 0 fully saturated rings. The Morgan fingerprint density at radius 1 is 0.781 bits per heavy atom. The maximum Gasteiger partial charge on any atom is 0.430 e. The first-order valence-electron chi connectivity index (χ1n) is 8.97. The average Bonchev–Trinajstić information content (AvgIpc) is 2.73. The van der Waals surface area contributed by atoms with Gasteiger partial charge in [0.2, 0.25) is 0 Å². The Labute approximate surface area is 177 Å².